The second kappa shape index (κ2) is 9.25. The van der Waals surface area contributed by atoms with Gasteiger partial charge >= 0.3 is 5.97 Å². The van der Waals surface area contributed by atoms with Crippen LogP contribution in [0.3, 0.4) is 0 Å². The zero-order chi connectivity index (χ0) is 21.0. The predicted molar refractivity (Wildman–Crippen MR) is 114 cm³/mol. The van der Waals surface area contributed by atoms with Crippen molar-refractivity contribution in [2.45, 2.75) is 6.92 Å². The third-order valence-electron chi connectivity index (χ3n) is 3.62. The van der Waals surface area contributed by atoms with Gasteiger partial charge in [-0.1, -0.05) is 27.5 Å². The van der Waals surface area contributed by atoms with Crippen LogP contribution in [0.5, 0.6) is 0 Å². The van der Waals surface area contributed by atoms with Gasteiger partial charge in [0.05, 0.1) is 22.0 Å². The van der Waals surface area contributed by atoms with Crippen molar-refractivity contribution in [1.82, 2.24) is 0 Å². The predicted octanol–water partition coefficient (Wildman–Crippen LogP) is 5.11. The molecule has 2 heterocycles. The van der Waals surface area contributed by atoms with E-state index >= 15 is 0 Å². The molecule has 7 nitrogen and oxygen atoms in total. The Balaban J connectivity index is 1.57. The van der Waals surface area contributed by atoms with Crippen LogP contribution in [0.2, 0.25) is 5.02 Å². The lowest BCUT2D eigenvalue weighted by molar-refractivity contribution is -0.119. The van der Waals surface area contributed by atoms with E-state index in [0.29, 0.717) is 21.3 Å². The van der Waals surface area contributed by atoms with E-state index in [0.717, 1.165) is 15.8 Å². The summed E-state index contributed by atoms with van der Waals surface area (Å²) in [5.41, 5.74) is 1.03. The number of rotatable bonds is 6. The lowest BCUT2D eigenvalue weighted by Gasteiger charge is -2.08. The van der Waals surface area contributed by atoms with Crippen molar-refractivity contribution in [3.8, 4) is 0 Å². The molecule has 0 aliphatic carbocycles. The Morgan fingerprint density at radius 3 is 2.69 bits per heavy atom. The summed E-state index contributed by atoms with van der Waals surface area (Å²) in [7, 11) is 0. The number of aryl methyl sites for hydroxylation is 1. The molecule has 2 N–H and O–H groups in total. The van der Waals surface area contributed by atoms with Crippen molar-refractivity contribution < 1.29 is 23.5 Å². The second-order valence-electron chi connectivity index (χ2n) is 5.80. The average molecular weight is 498 g/mol. The van der Waals surface area contributed by atoms with Gasteiger partial charge in [-0.15, -0.1) is 11.3 Å². The first-order chi connectivity index (χ1) is 13.8. The van der Waals surface area contributed by atoms with Crippen LogP contribution >= 0.6 is 38.9 Å². The first-order valence-corrected chi connectivity index (χ1v) is 10.2. The molecule has 2 aromatic heterocycles. The molecular formula is C19H14BrClN2O5S. The van der Waals surface area contributed by atoms with Crippen LogP contribution in [0.4, 0.5) is 10.7 Å². The Bertz CT molecular complexity index is 1060. The number of halogens is 2. The minimum atomic E-state index is -0.664. The second-order valence-corrected chi connectivity index (χ2v) is 8.18. The highest BCUT2D eigenvalue weighted by molar-refractivity contribution is 9.10. The number of thiophene rings is 1. The molecule has 0 unspecified atom stereocenters. The van der Waals surface area contributed by atoms with E-state index in [1.165, 1.54) is 12.3 Å². The number of benzene rings is 1. The van der Waals surface area contributed by atoms with Crippen LogP contribution in [-0.4, -0.2) is 24.4 Å². The normalized spacial score (nSPS) is 10.4. The third kappa shape index (κ3) is 5.47. The van der Waals surface area contributed by atoms with Crippen LogP contribution in [-0.2, 0) is 9.53 Å². The fourth-order valence-corrected chi connectivity index (χ4v) is 3.98. The summed E-state index contributed by atoms with van der Waals surface area (Å²) in [5.74, 6) is -1.46. The van der Waals surface area contributed by atoms with Gasteiger partial charge in [-0.25, -0.2) is 4.79 Å². The molecular weight excluding hydrogens is 484 g/mol. The molecule has 0 aliphatic heterocycles. The number of amides is 2. The summed E-state index contributed by atoms with van der Waals surface area (Å²) in [6.07, 6.45) is 1.39. The molecule has 29 heavy (non-hydrogen) atoms. The van der Waals surface area contributed by atoms with Crippen molar-refractivity contribution in [1.29, 1.82) is 0 Å². The van der Waals surface area contributed by atoms with Crippen LogP contribution in [0.25, 0.3) is 0 Å². The summed E-state index contributed by atoms with van der Waals surface area (Å²) >= 11 is 10.4. The highest BCUT2D eigenvalue weighted by Crippen LogP contribution is 2.28. The summed E-state index contributed by atoms with van der Waals surface area (Å²) in [6, 6.07) is 9.76. The zero-order valence-electron chi connectivity index (χ0n) is 15.0. The van der Waals surface area contributed by atoms with Gasteiger partial charge in [0.2, 0.25) is 0 Å². The van der Waals surface area contributed by atoms with Gasteiger partial charge in [0.25, 0.3) is 11.8 Å². The van der Waals surface area contributed by atoms with E-state index in [1.807, 2.05) is 0 Å². The van der Waals surface area contributed by atoms with Crippen molar-refractivity contribution in [3.05, 3.63) is 68.4 Å². The van der Waals surface area contributed by atoms with Gasteiger partial charge in [-0.2, -0.15) is 0 Å². The molecule has 0 radical (unpaired) electrons. The van der Waals surface area contributed by atoms with Crippen molar-refractivity contribution >= 4 is 67.3 Å². The Kier molecular flexibility index (Phi) is 6.73. The fourth-order valence-electron chi connectivity index (χ4n) is 2.30. The third-order valence-corrected chi connectivity index (χ3v) is 5.56. The van der Waals surface area contributed by atoms with E-state index in [1.54, 1.807) is 37.3 Å². The number of anilines is 2. The van der Waals surface area contributed by atoms with Crippen molar-refractivity contribution in [2.75, 3.05) is 17.2 Å². The Labute approximate surface area is 183 Å². The number of furan rings is 1. The Morgan fingerprint density at radius 1 is 1.21 bits per heavy atom. The van der Waals surface area contributed by atoms with Crippen LogP contribution in [0.15, 0.2) is 51.6 Å². The molecule has 10 heteroatoms. The van der Waals surface area contributed by atoms with Crippen molar-refractivity contribution in [2.24, 2.45) is 0 Å². The lowest BCUT2D eigenvalue weighted by Crippen LogP contribution is -2.21. The number of hydrogen-bond donors (Lipinski definition) is 2. The molecule has 2 amide bonds. The van der Waals surface area contributed by atoms with Gasteiger partial charge in [-0.3, -0.25) is 9.59 Å². The highest BCUT2D eigenvalue weighted by Gasteiger charge is 2.19. The maximum Gasteiger partial charge on any atom is 0.349 e. The first kappa shape index (κ1) is 21.1. The standard InChI is InChI=1S/C19H14BrClN2O5S/c1-10-7-16(23-18(25)14-3-2-6-27-14)29-17(10)19(26)28-9-15(24)22-13-5-4-11(20)8-12(13)21/h2-8H,9H2,1H3,(H,22,24)(H,23,25). The minimum absolute atomic E-state index is 0.156. The van der Waals surface area contributed by atoms with E-state index in [4.69, 9.17) is 20.8 Å². The highest BCUT2D eigenvalue weighted by atomic mass is 79.9. The number of carbonyl (C=O) groups is 3. The minimum Gasteiger partial charge on any atom is -0.459 e. The topological polar surface area (TPSA) is 97.6 Å². The molecule has 3 rings (SSSR count). The zero-order valence-corrected chi connectivity index (χ0v) is 18.1. The summed E-state index contributed by atoms with van der Waals surface area (Å²) in [4.78, 5) is 36.6. The SMILES string of the molecule is Cc1cc(NC(=O)c2ccco2)sc1C(=O)OCC(=O)Nc1ccc(Br)cc1Cl. The number of hydrogen-bond acceptors (Lipinski definition) is 6. The number of ether oxygens (including phenoxy) is 1. The molecule has 1 aromatic carbocycles. The van der Waals surface area contributed by atoms with E-state index in [9.17, 15) is 14.4 Å². The van der Waals surface area contributed by atoms with Gasteiger partial charge < -0.3 is 19.8 Å². The van der Waals surface area contributed by atoms with Gasteiger partial charge in [0, 0.05) is 4.47 Å². The number of nitrogens with one attached hydrogen (secondary N) is 2. The molecule has 150 valence electrons. The fraction of sp³-hybridized carbons (Fsp3) is 0.105. The van der Waals surface area contributed by atoms with E-state index in [-0.39, 0.29) is 10.6 Å². The van der Waals surface area contributed by atoms with E-state index in [2.05, 4.69) is 26.6 Å². The Morgan fingerprint density at radius 2 is 2.00 bits per heavy atom. The molecule has 3 aromatic rings. The number of esters is 1. The molecule has 0 saturated carbocycles. The average Bonchev–Trinajstić information content (AvgIpc) is 3.32. The first-order valence-electron chi connectivity index (χ1n) is 8.21. The summed E-state index contributed by atoms with van der Waals surface area (Å²) in [6.45, 7) is 1.23. The lowest BCUT2D eigenvalue weighted by atomic mass is 10.3. The maximum atomic E-state index is 12.3. The van der Waals surface area contributed by atoms with Crippen molar-refractivity contribution in [3.63, 3.8) is 0 Å². The largest absolute Gasteiger partial charge is 0.459 e. The molecule has 0 saturated heterocycles. The molecule has 0 spiro atoms. The quantitative estimate of drug-likeness (QED) is 0.461. The molecule has 0 bridgehead atoms. The monoisotopic (exact) mass is 496 g/mol. The van der Waals surface area contributed by atoms with Crippen LogP contribution < -0.4 is 10.6 Å². The smallest absolute Gasteiger partial charge is 0.349 e. The molecule has 0 aliphatic rings. The van der Waals surface area contributed by atoms with E-state index < -0.39 is 24.4 Å². The Hall–Kier alpha value is -2.62. The molecule has 0 fully saturated rings. The summed E-state index contributed by atoms with van der Waals surface area (Å²) in [5, 5.41) is 6.03. The van der Waals surface area contributed by atoms with Gasteiger partial charge in [-0.05, 0) is 48.9 Å². The van der Waals surface area contributed by atoms with Crippen LogP contribution in [0, 0.1) is 6.92 Å². The maximum absolute atomic E-state index is 12.3. The number of carbonyl (C=O) groups excluding carboxylic acids is 3. The van der Waals surface area contributed by atoms with Gasteiger partial charge in [0.15, 0.2) is 12.4 Å². The summed E-state index contributed by atoms with van der Waals surface area (Å²) < 4.78 is 10.9. The van der Waals surface area contributed by atoms with Gasteiger partial charge in [0.1, 0.15) is 4.88 Å². The molecule has 0 atom stereocenters. The van der Waals surface area contributed by atoms with Crippen LogP contribution in [0.1, 0.15) is 25.8 Å².